The highest BCUT2D eigenvalue weighted by Gasteiger charge is 2.67. The highest BCUT2D eigenvalue weighted by atomic mass is 19.4. The Morgan fingerprint density at radius 2 is 1.82 bits per heavy atom. The fraction of sp³-hybridized carbons (Fsp3) is 0.447. The fourth-order valence-corrected chi connectivity index (χ4v) is 7.64. The van der Waals surface area contributed by atoms with Gasteiger partial charge in [-0.2, -0.15) is 18.3 Å². The number of piperidine rings is 1. The van der Waals surface area contributed by atoms with Gasteiger partial charge in [0.05, 0.1) is 36.9 Å². The number of alkyl halides is 3. The van der Waals surface area contributed by atoms with E-state index >= 15 is 0 Å². The molecule has 1 aromatic carbocycles. The second-order valence-electron chi connectivity index (χ2n) is 14.0. The molecule has 1 aliphatic carbocycles. The molecule has 1 amide bonds. The summed E-state index contributed by atoms with van der Waals surface area (Å²) in [5.74, 6) is -0.340. The monoisotopic (exact) mass is 700 g/mol. The molecule has 5 heterocycles. The molecule has 3 atom stereocenters. The second-order valence-corrected chi connectivity index (χ2v) is 14.0. The van der Waals surface area contributed by atoms with Crippen molar-refractivity contribution in [2.75, 3.05) is 13.2 Å². The molecule has 2 bridgehead atoms. The van der Waals surface area contributed by atoms with E-state index in [0.29, 0.717) is 54.8 Å². The Hall–Kier alpha value is -4.78. The number of amides is 1. The van der Waals surface area contributed by atoms with Crippen LogP contribution in [-0.2, 0) is 39.9 Å². The van der Waals surface area contributed by atoms with E-state index in [2.05, 4.69) is 26.1 Å². The molecule has 0 N–H and O–H groups in total. The van der Waals surface area contributed by atoms with Crippen LogP contribution in [0.5, 0.6) is 0 Å². The van der Waals surface area contributed by atoms with Crippen LogP contribution in [0.15, 0.2) is 48.8 Å². The van der Waals surface area contributed by atoms with Crippen molar-refractivity contribution in [1.29, 1.82) is 0 Å². The van der Waals surface area contributed by atoms with Crippen molar-refractivity contribution in [3.8, 4) is 11.1 Å². The van der Waals surface area contributed by atoms with E-state index in [1.165, 1.54) is 13.0 Å². The summed E-state index contributed by atoms with van der Waals surface area (Å²) < 4.78 is 48.1. The van der Waals surface area contributed by atoms with Crippen LogP contribution in [0.1, 0.15) is 77.9 Å². The van der Waals surface area contributed by atoms with Crippen molar-refractivity contribution in [2.45, 2.75) is 90.5 Å². The summed E-state index contributed by atoms with van der Waals surface area (Å²) in [6.07, 6.45) is 6.85. The lowest BCUT2D eigenvalue weighted by Crippen LogP contribution is -2.45. The van der Waals surface area contributed by atoms with Gasteiger partial charge in [0.25, 0.3) is 0 Å². The third-order valence-electron chi connectivity index (χ3n) is 10.4. The molecule has 4 aromatic rings. The third kappa shape index (κ3) is 6.83. The first kappa shape index (κ1) is 34.7. The first-order valence-corrected chi connectivity index (χ1v) is 17.3. The highest BCUT2D eigenvalue weighted by Crippen LogP contribution is 2.60. The number of aromatic nitrogens is 5. The van der Waals surface area contributed by atoms with Gasteiger partial charge in [-0.3, -0.25) is 19.1 Å². The SMILES string of the molecule is CC(=O)c1nn2c3c(cc(-c4cnc(C)nc4)cc13)CCCCC=CCOC[C@@]13C[C@@H](C(=O)Cc4nc(C(F)(F)F)ccc4C)N(C(=O)C2)[C@@H]1C3. The summed E-state index contributed by atoms with van der Waals surface area (Å²) in [4.78, 5) is 55.5. The zero-order valence-electron chi connectivity index (χ0n) is 28.8. The number of carbonyl (C=O) groups is 3. The Bertz CT molecular complexity index is 2060. The van der Waals surface area contributed by atoms with Gasteiger partial charge in [0.1, 0.15) is 23.8 Å². The normalized spacial score (nSPS) is 22.5. The van der Waals surface area contributed by atoms with Crippen LogP contribution in [0.25, 0.3) is 22.0 Å². The molecule has 2 fully saturated rings. The topological polar surface area (TPSA) is 120 Å². The number of carbonyl (C=O) groups excluding carboxylic acids is 3. The molecule has 3 aliphatic rings. The Morgan fingerprint density at radius 3 is 2.57 bits per heavy atom. The minimum atomic E-state index is -4.66. The average Bonchev–Trinajstić information content (AvgIpc) is 3.48. The number of hydrogen-bond donors (Lipinski definition) is 0. The number of pyridine rings is 1. The standard InChI is InChI=1S/C38H39F3N6O4/c1-22-10-11-32(38(39,40)41)44-29(22)15-31(49)30-16-37-17-33(37)47(30)34(50)20-46-36-25(9-7-5-4-6-8-12-51-21-37)13-26(27-18-42-24(3)43-19-27)14-28(36)35(45-46)23(2)48/h6,8,10-11,13-14,18-19,30,33H,4-5,7,9,12,15-17,20-21H2,1-3H3/t30-,33+,37-/m0/s1. The molecule has 10 nitrogen and oxygen atoms in total. The average molecular weight is 701 g/mol. The largest absolute Gasteiger partial charge is 0.433 e. The van der Waals surface area contributed by atoms with Crippen LogP contribution in [0.4, 0.5) is 13.2 Å². The van der Waals surface area contributed by atoms with E-state index in [-0.39, 0.29) is 47.9 Å². The molecule has 1 saturated heterocycles. The first-order valence-electron chi connectivity index (χ1n) is 17.3. The van der Waals surface area contributed by atoms with Crippen molar-refractivity contribution >= 4 is 28.4 Å². The van der Waals surface area contributed by atoms with Crippen molar-refractivity contribution in [3.05, 3.63) is 82.8 Å². The van der Waals surface area contributed by atoms with Crippen molar-refractivity contribution < 1.29 is 32.3 Å². The van der Waals surface area contributed by atoms with Crippen LogP contribution in [-0.4, -0.2) is 72.4 Å². The quantitative estimate of drug-likeness (QED) is 0.179. The summed E-state index contributed by atoms with van der Waals surface area (Å²) in [5.41, 5.74) is 2.47. The van der Waals surface area contributed by atoms with Crippen LogP contribution in [0.2, 0.25) is 0 Å². The van der Waals surface area contributed by atoms with E-state index < -0.39 is 23.3 Å². The maximum atomic E-state index is 14.4. The lowest BCUT2D eigenvalue weighted by Gasteiger charge is -2.27. The lowest BCUT2D eigenvalue weighted by molar-refractivity contribution is -0.141. The Morgan fingerprint density at radius 1 is 1.04 bits per heavy atom. The van der Waals surface area contributed by atoms with Crippen LogP contribution in [0, 0.1) is 19.3 Å². The van der Waals surface area contributed by atoms with Gasteiger partial charge in [-0.25, -0.2) is 15.0 Å². The van der Waals surface area contributed by atoms with Crippen molar-refractivity contribution in [2.24, 2.45) is 5.41 Å². The van der Waals surface area contributed by atoms with Crippen molar-refractivity contribution in [3.63, 3.8) is 0 Å². The van der Waals surface area contributed by atoms with Gasteiger partial charge in [0, 0.05) is 41.7 Å². The lowest BCUT2D eigenvalue weighted by atomic mass is 9.95. The van der Waals surface area contributed by atoms with Gasteiger partial charge >= 0.3 is 6.18 Å². The molecule has 0 spiro atoms. The van der Waals surface area contributed by atoms with E-state index in [1.54, 1.807) is 28.9 Å². The number of ketones is 2. The van der Waals surface area contributed by atoms with Gasteiger partial charge in [0.2, 0.25) is 5.91 Å². The fourth-order valence-electron chi connectivity index (χ4n) is 7.64. The maximum Gasteiger partial charge on any atom is 0.433 e. The number of nitrogens with zero attached hydrogens (tertiary/aromatic N) is 6. The predicted molar refractivity (Wildman–Crippen MR) is 182 cm³/mol. The molecular weight excluding hydrogens is 661 g/mol. The Balaban J connectivity index is 1.27. The molecule has 0 unspecified atom stereocenters. The number of Topliss-reactive ketones (excluding diaryl/α,β-unsaturated/α-hetero) is 2. The summed E-state index contributed by atoms with van der Waals surface area (Å²) in [6.45, 7) is 5.40. The van der Waals surface area contributed by atoms with Gasteiger partial charge in [-0.1, -0.05) is 18.2 Å². The zero-order chi connectivity index (χ0) is 36.1. The van der Waals surface area contributed by atoms with Crippen LogP contribution >= 0.6 is 0 Å². The molecule has 0 radical (unpaired) electrons. The minimum Gasteiger partial charge on any atom is -0.377 e. The highest BCUT2D eigenvalue weighted by molar-refractivity contribution is 6.07. The van der Waals surface area contributed by atoms with Gasteiger partial charge in [-0.15, -0.1) is 0 Å². The van der Waals surface area contributed by atoms with Crippen LogP contribution in [0.3, 0.4) is 0 Å². The molecule has 2 aliphatic heterocycles. The zero-order valence-corrected chi connectivity index (χ0v) is 28.8. The van der Waals surface area contributed by atoms with Gasteiger partial charge in [0.15, 0.2) is 11.6 Å². The predicted octanol–water partition coefficient (Wildman–Crippen LogP) is 6.20. The number of halogens is 3. The van der Waals surface area contributed by atoms with E-state index in [9.17, 15) is 27.6 Å². The van der Waals surface area contributed by atoms with Crippen LogP contribution < -0.4 is 0 Å². The molecule has 13 heteroatoms. The molecular formula is C38H39F3N6O4. The first-order chi connectivity index (χ1) is 24.3. The third-order valence-corrected chi connectivity index (χ3v) is 10.4. The van der Waals surface area contributed by atoms with E-state index in [1.807, 2.05) is 25.1 Å². The van der Waals surface area contributed by atoms with E-state index in [0.717, 1.165) is 42.0 Å². The number of rotatable bonds is 5. The Labute approximate surface area is 293 Å². The summed E-state index contributed by atoms with van der Waals surface area (Å²) in [5, 5.41) is 5.31. The second kappa shape index (κ2) is 13.4. The molecule has 1 saturated carbocycles. The van der Waals surface area contributed by atoms with Gasteiger partial charge < -0.3 is 9.64 Å². The number of ether oxygens (including phenoxy) is 1. The smallest absolute Gasteiger partial charge is 0.377 e. The molecule has 51 heavy (non-hydrogen) atoms. The van der Waals surface area contributed by atoms with Gasteiger partial charge in [-0.05, 0) is 87.3 Å². The summed E-state index contributed by atoms with van der Waals surface area (Å²) in [7, 11) is 0. The number of hydrogen-bond acceptors (Lipinski definition) is 8. The number of allylic oxidation sites excluding steroid dienone is 1. The molecule has 7 rings (SSSR count). The minimum absolute atomic E-state index is 0.0382. The number of benzene rings is 1. The summed E-state index contributed by atoms with van der Waals surface area (Å²) in [6, 6.07) is 5.01. The summed E-state index contributed by atoms with van der Waals surface area (Å²) >= 11 is 0. The Kier molecular flexibility index (Phi) is 9.11. The van der Waals surface area contributed by atoms with E-state index in [4.69, 9.17) is 4.74 Å². The molecule has 3 aromatic heterocycles. The van der Waals surface area contributed by atoms with Crippen molar-refractivity contribution in [1.82, 2.24) is 29.6 Å². The maximum absolute atomic E-state index is 14.4. The molecule has 266 valence electrons. The number of aryl methyl sites for hydroxylation is 3.